The van der Waals surface area contributed by atoms with Crippen LogP contribution in [0.25, 0.3) is 0 Å². The van der Waals surface area contributed by atoms with E-state index in [4.69, 9.17) is 9.47 Å². The largest absolute Gasteiger partial charge is 0.376 e. The maximum Gasteiger partial charge on any atom is 0.234 e. The number of carbonyl (C=O) groups excluding carboxylic acids is 1. The van der Waals surface area contributed by atoms with E-state index in [1.54, 1.807) is 0 Å². The van der Waals surface area contributed by atoms with E-state index in [-0.39, 0.29) is 18.1 Å². The molecule has 1 saturated heterocycles. The van der Waals surface area contributed by atoms with Crippen molar-refractivity contribution in [3.63, 3.8) is 0 Å². The molecule has 0 aliphatic carbocycles. The third-order valence-corrected chi connectivity index (χ3v) is 4.33. The molecule has 1 fully saturated rings. The summed E-state index contributed by atoms with van der Waals surface area (Å²) in [7, 11) is 0. The van der Waals surface area contributed by atoms with Gasteiger partial charge in [0, 0.05) is 19.7 Å². The predicted molar refractivity (Wildman–Crippen MR) is 83.6 cm³/mol. The molecule has 2 atom stereocenters. The highest BCUT2D eigenvalue weighted by molar-refractivity contribution is 5.78. The molecule has 0 aromatic heterocycles. The van der Waals surface area contributed by atoms with E-state index in [9.17, 15) is 4.79 Å². The Kier molecular flexibility index (Phi) is 5.08. The Balaban J connectivity index is 1.50. The quantitative estimate of drug-likeness (QED) is 0.880. The molecule has 0 saturated carbocycles. The summed E-state index contributed by atoms with van der Waals surface area (Å²) in [5, 5.41) is 3.05. The summed E-state index contributed by atoms with van der Waals surface area (Å²) in [6, 6.07) is 8.44. The Bertz CT molecular complexity index is 520. The van der Waals surface area contributed by atoms with Gasteiger partial charge in [-0.1, -0.05) is 24.3 Å². The van der Waals surface area contributed by atoms with E-state index in [0.717, 1.165) is 19.5 Å². The minimum atomic E-state index is -0.0236. The van der Waals surface area contributed by atoms with Crippen molar-refractivity contribution in [1.29, 1.82) is 0 Å². The zero-order valence-electron chi connectivity index (χ0n) is 13.1. The first-order valence-electron chi connectivity index (χ1n) is 8.04. The molecular weight excluding hydrogens is 280 g/mol. The number of ether oxygens (including phenoxy) is 2. The van der Waals surface area contributed by atoms with Gasteiger partial charge in [0.05, 0.1) is 25.8 Å². The number of hydrogen-bond acceptors (Lipinski definition) is 4. The smallest absolute Gasteiger partial charge is 0.234 e. The van der Waals surface area contributed by atoms with Crippen LogP contribution in [0.5, 0.6) is 0 Å². The van der Waals surface area contributed by atoms with Crippen LogP contribution in [0.2, 0.25) is 0 Å². The van der Waals surface area contributed by atoms with Gasteiger partial charge in [0.1, 0.15) is 6.10 Å². The van der Waals surface area contributed by atoms with Crippen LogP contribution in [0.4, 0.5) is 0 Å². The van der Waals surface area contributed by atoms with E-state index in [0.29, 0.717) is 26.4 Å². The Morgan fingerprint density at radius 3 is 3.00 bits per heavy atom. The number of benzene rings is 1. The van der Waals surface area contributed by atoms with Crippen LogP contribution in [0.3, 0.4) is 0 Å². The topological polar surface area (TPSA) is 50.8 Å². The van der Waals surface area contributed by atoms with E-state index in [2.05, 4.69) is 34.5 Å². The number of nitrogens with one attached hydrogen (secondary N) is 1. The van der Waals surface area contributed by atoms with Crippen LogP contribution in [0.1, 0.15) is 18.1 Å². The lowest BCUT2D eigenvalue weighted by atomic mass is 10.00. The number of hydrogen-bond donors (Lipinski definition) is 1. The first-order chi connectivity index (χ1) is 10.8. The molecule has 2 aliphatic heterocycles. The summed E-state index contributed by atoms with van der Waals surface area (Å²) < 4.78 is 11.0. The highest BCUT2D eigenvalue weighted by atomic mass is 16.5. The average Bonchev–Trinajstić information content (AvgIpc) is 2.94. The fourth-order valence-electron chi connectivity index (χ4n) is 3.19. The van der Waals surface area contributed by atoms with E-state index in [1.165, 1.54) is 11.1 Å². The van der Waals surface area contributed by atoms with Gasteiger partial charge in [-0.15, -0.1) is 0 Å². The first kappa shape index (κ1) is 15.5. The lowest BCUT2D eigenvalue weighted by Crippen LogP contribution is -2.48. The molecule has 1 aromatic carbocycles. The van der Waals surface area contributed by atoms with Crippen molar-refractivity contribution in [3.05, 3.63) is 35.4 Å². The van der Waals surface area contributed by atoms with Gasteiger partial charge < -0.3 is 14.8 Å². The standard InChI is InChI=1S/C17H24N2O3/c1-2-22-16-12-21-11-15(16)18-17(20)10-19-8-7-13-5-3-4-6-14(13)9-19/h3-6,15-16H,2,7-12H2,1H3,(H,18,20)/t15-,16-/m0/s1. The Labute approximate surface area is 131 Å². The molecule has 5 nitrogen and oxygen atoms in total. The van der Waals surface area contributed by atoms with Crippen molar-refractivity contribution in [3.8, 4) is 0 Å². The van der Waals surface area contributed by atoms with Crippen LogP contribution in [0, 0.1) is 0 Å². The van der Waals surface area contributed by atoms with Crippen LogP contribution in [-0.2, 0) is 27.2 Å². The van der Waals surface area contributed by atoms with Crippen molar-refractivity contribution in [2.45, 2.75) is 32.0 Å². The van der Waals surface area contributed by atoms with Gasteiger partial charge in [0.15, 0.2) is 0 Å². The minimum absolute atomic E-state index is 0.0176. The van der Waals surface area contributed by atoms with Gasteiger partial charge in [-0.05, 0) is 24.5 Å². The van der Waals surface area contributed by atoms with Crippen molar-refractivity contribution < 1.29 is 14.3 Å². The number of rotatable bonds is 5. The van der Waals surface area contributed by atoms with Crippen LogP contribution >= 0.6 is 0 Å². The molecule has 0 spiro atoms. The highest BCUT2D eigenvalue weighted by Crippen LogP contribution is 2.18. The lowest BCUT2D eigenvalue weighted by molar-refractivity contribution is -0.124. The Hall–Kier alpha value is -1.43. The van der Waals surface area contributed by atoms with Crippen molar-refractivity contribution in [2.75, 3.05) is 32.9 Å². The molecule has 3 rings (SSSR count). The summed E-state index contributed by atoms with van der Waals surface area (Å²) in [5.74, 6) is 0.0552. The molecule has 1 amide bonds. The Morgan fingerprint density at radius 2 is 2.18 bits per heavy atom. The van der Waals surface area contributed by atoms with Crippen LogP contribution in [-0.4, -0.2) is 55.9 Å². The summed E-state index contributed by atoms with van der Waals surface area (Å²) in [5.41, 5.74) is 2.73. The molecule has 0 radical (unpaired) electrons. The predicted octanol–water partition coefficient (Wildman–Crippen LogP) is 0.965. The summed E-state index contributed by atoms with van der Waals surface area (Å²) in [4.78, 5) is 14.5. The van der Waals surface area contributed by atoms with Gasteiger partial charge >= 0.3 is 0 Å². The van der Waals surface area contributed by atoms with Crippen molar-refractivity contribution in [2.24, 2.45) is 0 Å². The van der Waals surface area contributed by atoms with Crippen LogP contribution in [0.15, 0.2) is 24.3 Å². The third kappa shape index (κ3) is 3.66. The van der Waals surface area contributed by atoms with Gasteiger partial charge in [-0.3, -0.25) is 9.69 Å². The lowest BCUT2D eigenvalue weighted by Gasteiger charge is -2.29. The molecule has 2 heterocycles. The fourth-order valence-corrected chi connectivity index (χ4v) is 3.19. The van der Waals surface area contributed by atoms with Gasteiger partial charge in [0.2, 0.25) is 5.91 Å². The second kappa shape index (κ2) is 7.22. The SMILES string of the molecule is CCO[C@H]1COC[C@@H]1NC(=O)CN1CCc2ccccc2C1. The molecule has 120 valence electrons. The normalized spacial score (nSPS) is 25.0. The average molecular weight is 304 g/mol. The van der Waals surface area contributed by atoms with E-state index >= 15 is 0 Å². The first-order valence-corrected chi connectivity index (χ1v) is 8.04. The molecule has 1 aromatic rings. The number of carbonyl (C=O) groups is 1. The summed E-state index contributed by atoms with van der Waals surface area (Å²) in [6.07, 6.45) is 0.994. The van der Waals surface area contributed by atoms with E-state index in [1.807, 2.05) is 6.92 Å². The van der Waals surface area contributed by atoms with Crippen molar-refractivity contribution >= 4 is 5.91 Å². The fraction of sp³-hybridized carbons (Fsp3) is 0.588. The molecular formula is C17H24N2O3. The van der Waals surface area contributed by atoms with Crippen LogP contribution < -0.4 is 5.32 Å². The zero-order chi connectivity index (χ0) is 15.4. The van der Waals surface area contributed by atoms with Gasteiger partial charge in [0.25, 0.3) is 0 Å². The molecule has 1 N–H and O–H groups in total. The molecule has 22 heavy (non-hydrogen) atoms. The minimum Gasteiger partial charge on any atom is -0.376 e. The molecule has 2 aliphatic rings. The Morgan fingerprint density at radius 1 is 1.36 bits per heavy atom. The third-order valence-electron chi connectivity index (χ3n) is 4.33. The molecule has 5 heteroatoms. The highest BCUT2D eigenvalue weighted by Gasteiger charge is 2.30. The number of amides is 1. The van der Waals surface area contributed by atoms with Crippen molar-refractivity contribution in [1.82, 2.24) is 10.2 Å². The maximum absolute atomic E-state index is 12.3. The monoisotopic (exact) mass is 304 g/mol. The number of fused-ring (bicyclic) bond motifs is 1. The molecule has 0 unspecified atom stereocenters. The zero-order valence-corrected chi connectivity index (χ0v) is 13.1. The second-order valence-corrected chi connectivity index (χ2v) is 5.93. The molecule has 0 bridgehead atoms. The summed E-state index contributed by atoms with van der Waals surface area (Å²) in [6.45, 7) is 5.92. The summed E-state index contributed by atoms with van der Waals surface area (Å²) >= 11 is 0. The second-order valence-electron chi connectivity index (χ2n) is 5.93. The van der Waals surface area contributed by atoms with E-state index < -0.39 is 0 Å². The number of nitrogens with zero attached hydrogens (tertiary/aromatic N) is 1. The van der Waals surface area contributed by atoms with Gasteiger partial charge in [-0.25, -0.2) is 0 Å². The maximum atomic E-state index is 12.3. The van der Waals surface area contributed by atoms with Gasteiger partial charge in [-0.2, -0.15) is 0 Å².